The van der Waals surface area contributed by atoms with Crippen molar-refractivity contribution in [3.63, 3.8) is 0 Å². The number of nitrogens with one attached hydrogen (secondary N) is 1. The van der Waals surface area contributed by atoms with Crippen molar-refractivity contribution in [3.05, 3.63) is 34.7 Å². The molecule has 22 heavy (non-hydrogen) atoms. The number of carbonyl (C=O) groups is 1. The molecule has 1 atom stereocenters. The molecule has 1 unspecified atom stereocenters. The second-order valence-electron chi connectivity index (χ2n) is 5.49. The van der Waals surface area contributed by atoms with Crippen molar-refractivity contribution in [1.29, 1.82) is 0 Å². The van der Waals surface area contributed by atoms with Crippen molar-refractivity contribution in [2.24, 2.45) is 0 Å². The fourth-order valence-corrected chi connectivity index (χ4v) is 3.21. The van der Waals surface area contributed by atoms with Crippen LogP contribution in [0.5, 0.6) is 0 Å². The largest absolute Gasteiger partial charge is 0.396 e. The second kappa shape index (κ2) is 6.46. The van der Waals surface area contributed by atoms with Gasteiger partial charge in [-0.25, -0.2) is 0 Å². The number of rotatable bonds is 4. The number of carbonyl (C=O) groups excluding carboxylic acids is 1. The minimum Gasteiger partial charge on any atom is -0.396 e. The summed E-state index contributed by atoms with van der Waals surface area (Å²) in [5.41, 5.74) is 9.33. The summed E-state index contributed by atoms with van der Waals surface area (Å²) >= 11 is 1.14. The van der Waals surface area contributed by atoms with Gasteiger partial charge in [-0.2, -0.15) is 4.37 Å². The lowest BCUT2D eigenvalue weighted by Crippen LogP contribution is -2.31. The third-order valence-electron chi connectivity index (χ3n) is 3.77. The van der Waals surface area contributed by atoms with Gasteiger partial charge in [-0.15, -0.1) is 0 Å². The molecule has 1 amide bonds. The van der Waals surface area contributed by atoms with Crippen molar-refractivity contribution in [1.82, 2.24) is 9.69 Å². The summed E-state index contributed by atoms with van der Waals surface area (Å²) in [4.78, 5) is 12.7. The minimum atomic E-state index is -0.177. The first-order valence-electron chi connectivity index (χ1n) is 7.37. The summed E-state index contributed by atoms with van der Waals surface area (Å²) in [5.74, 6) is -0.177. The van der Waals surface area contributed by atoms with Crippen LogP contribution in [0.2, 0.25) is 0 Å². The van der Waals surface area contributed by atoms with E-state index in [1.165, 1.54) is 5.56 Å². The quantitative estimate of drug-likeness (QED) is 0.908. The maximum atomic E-state index is 12.2. The van der Waals surface area contributed by atoms with Crippen LogP contribution < -0.4 is 11.1 Å². The Bertz CT molecular complexity index is 661. The highest BCUT2D eigenvalue weighted by atomic mass is 32.1. The number of nitrogen functional groups attached to an aromatic ring is 1. The molecule has 3 rings (SSSR count). The molecule has 1 saturated heterocycles. The van der Waals surface area contributed by atoms with Crippen LogP contribution in [0.4, 0.5) is 5.69 Å². The SMILES string of the molecule is Cc1ccc(-c2nsc(C(=O)NCC3CCCO3)c2N)cc1. The number of anilines is 1. The molecule has 0 radical (unpaired) electrons. The predicted molar refractivity (Wildman–Crippen MR) is 88.0 cm³/mol. The molecule has 0 saturated carbocycles. The lowest BCUT2D eigenvalue weighted by atomic mass is 10.1. The Morgan fingerprint density at radius 3 is 2.91 bits per heavy atom. The fourth-order valence-electron chi connectivity index (χ4n) is 2.47. The Labute approximate surface area is 133 Å². The molecule has 1 fully saturated rings. The second-order valence-corrected chi connectivity index (χ2v) is 6.26. The van der Waals surface area contributed by atoms with Crippen LogP contribution in [-0.2, 0) is 4.74 Å². The summed E-state index contributed by atoms with van der Waals surface area (Å²) in [7, 11) is 0. The van der Waals surface area contributed by atoms with Crippen LogP contribution in [-0.4, -0.2) is 29.5 Å². The third kappa shape index (κ3) is 3.13. The van der Waals surface area contributed by atoms with Crippen molar-refractivity contribution in [2.45, 2.75) is 25.9 Å². The van der Waals surface area contributed by atoms with E-state index >= 15 is 0 Å². The van der Waals surface area contributed by atoms with Crippen molar-refractivity contribution < 1.29 is 9.53 Å². The molecule has 3 N–H and O–H groups in total. The van der Waals surface area contributed by atoms with Gasteiger partial charge in [0.2, 0.25) is 0 Å². The summed E-state index contributed by atoms with van der Waals surface area (Å²) in [6.45, 7) is 3.33. The predicted octanol–water partition coefficient (Wildman–Crippen LogP) is 2.61. The molecule has 0 bridgehead atoms. The number of ether oxygens (including phenoxy) is 1. The molecule has 1 aromatic carbocycles. The van der Waals surface area contributed by atoms with E-state index < -0.39 is 0 Å². The van der Waals surface area contributed by atoms with Gasteiger partial charge >= 0.3 is 0 Å². The lowest BCUT2D eigenvalue weighted by molar-refractivity contribution is 0.0861. The Balaban J connectivity index is 1.72. The van der Waals surface area contributed by atoms with Crippen molar-refractivity contribution in [3.8, 4) is 11.3 Å². The van der Waals surface area contributed by atoms with Gasteiger partial charge in [0.05, 0.1) is 11.8 Å². The number of aryl methyl sites for hydroxylation is 1. The van der Waals surface area contributed by atoms with Gasteiger partial charge in [0.25, 0.3) is 5.91 Å². The number of nitrogens with zero attached hydrogens (tertiary/aromatic N) is 1. The zero-order valence-electron chi connectivity index (χ0n) is 12.5. The number of benzene rings is 1. The Kier molecular flexibility index (Phi) is 4.40. The van der Waals surface area contributed by atoms with E-state index in [1.807, 2.05) is 31.2 Å². The highest BCUT2D eigenvalue weighted by Gasteiger charge is 2.21. The maximum Gasteiger partial charge on any atom is 0.265 e. The van der Waals surface area contributed by atoms with Crippen LogP contribution in [0.25, 0.3) is 11.3 Å². The number of hydrogen-bond donors (Lipinski definition) is 2. The van der Waals surface area contributed by atoms with E-state index in [4.69, 9.17) is 10.5 Å². The van der Waals surface area contributed by atoms with Gasteiger partial charge < -0.3 is 15.8 Å². The molecule has 0 spiro atoms. The summed E-state index contributed by atoms with van der Waals surface area (Å²) in [6, 6.07) is 7.94. The summed E-state index contributed by atoms with van der Waals surface area (Å²) in [5, 5.41) is 2.88. The van der Waals surface area contributed by atoms with Crippen LogP contribution >= 0.6 is 11.5 Å². The molecule has 0 aliphatic carbocycles. The number of amides is 1. The van der Waals surface area contributed by atoms with E-state index in [0.717, 1.165) is 36.5 Å². The highest BCUT2D eigenvalue weighted by molar-refractivity contribution is 7.09. The van der Waals surface area contributed by atoms with Gasteiger partial charge in [0.1, 0.15) is 10.6 Å². The van der Waals surface area contributed by atoms with E-state index in [2.05, 4.69) is 9.69 Å². The zero-order valence-corrected chi connectivity index (χ0v) is 13.3. The van der Waals surface area contributed by atoms with Crippen LogP contribution in [0.15, 0.2) is 24.3 Å². The summed E-state index contributed by atoms with van der Waals surface area (Å²) < 4.78 is 9.84. The first-order valence-corrected chi connectivity index (χ1v) is 8.14. The van der Waals surface area contributed by atoms with Crippen molar-refractivity contribution >= 4 is 23.1 Å². The van der Waals surface area contributed by atoms with Crippen LogP contribution in [0, 0.1) is 6.92 Å². The topological polar surface area (TPSA) is 77.2 Å². The van der Waals surface area contributed by atoms with E-state index in [1.54, 1.807) is 0 Å². The molecule has 2 heterocycles. The molecular weight excluding hydrogens is 298 g/mol. The van der Waals surface area contributed by atoms with Crippen molar-refractivity contribution in [2.75, 3.05) is 18.9 Å². The monoisotopic (exact) mass is 317 g/mol. The standard InChI is InChI=1S/C16H19N3O2S/c1-10-4-6-11(7-5-10)14-13(17)15(22-19-14)16(20)18-9-12-3-2-8-21-12/h4-7,12H,2-3,8-9,17H2,1H3,(H,18,20). The zero-order chi connectivity index (χ0) is 15.5. The van der Waals surface area contributed by atoms with Gasteiger partial charge in [0, 0.05) is 18.7 Å². The average molecular weight is 317 g/mol. The van der Waals surface area contributed by atoms with Gasteiger partial charge in [0.15, 0.2) is 0 Å². The van der Waals surface area contributed by atoms with E-state index in [9.17, 15) is 4.79 Å². The van der Waals surface area contributed by atoms with Gasteiger partial charge in [-0.05, 0) is 31.3 Å². The fraction of sp³-hybridized carbons (Fsp3) is 0.375. The minimum absolute atomic E-state index is 0.120. The van der Waals surface area contributed by atoms with Gasteiger partial charge in [-0.1, -0.05) is 29.8 Å². The molecule has 5 nitrogen and oxygen atoms in total. The first-order chi connectivity index (χ1) is 10.6. The normalized spacial score (nSPS) is 17.6. The van der Waals surface area contributed by atoms with Crippen LogP contribution in [0.3, 0.4) is 0 Å². The third-order valence-corrected chi connectivity index (χ3v) is 4.64. The molecule has 6 heteroatoms. The smallest absolute Gasteiger partial charge is 0.265 e. The average Bonchev–Trinajstić information content (AvgIpc) is 3.15. The van der Waals surface area contributed by atoms with Gasteiger partial charge in [-0.3, -0.25) is 4.79 Å². The maximum absolute atomic E-state index is 12.2. The first kappa shape index (κ1) is 15.0. The molecule has 1 aliphatic heterocycles. The lowest BCUT2D eigenvalue weighted by Gasteiger charge is -2.10. The van der Waals surface area contributed by atoms with E-state index in [0.29, 0.717) is 22.8 Å². The number of hydrogen-bond acceptors (Lipinski definition) is 5. The highest BCUT2D eigenvalue weighted by Crippen LogP contribution is 2.30. The Morgan fingerprint density at radius 1 is 1.45 bits per heavy atom. The molecule has 1 aliphatic rings. The number of nitrogens with two attached hydrogens (primary N) is 1. The summed E-state index contributed by atoms with van der Waals surface area (Å²) in [6.07, 6.45) is 2.17. The van der Waals surface area contributed by atoms with E-state index in [-0.39, 0.29) is 12.0 Å². The molecule has 116 valence electrons. The van der Waals surface area contributed by atoms with Crippen LogP contribution in [0.1, 0.15) is 28.1 Å². The Morgan fingerprint density at radius 2 is 2.23 bits per heavy atom. The number of aromatic nitrogens is 1. The Hall–Kier alpha value is -1.92. The molecular formula is C16H19N3O2S. The molecule has 2 aromatic rings. The molecule has 1 aromatic heterocycles.